The van der Waals surface area contributed by atoms with Crippen LogP contribution in [0.2, 0.25) is 0 Å². The van der Waals surface area contributed by atoms with Gasteiger partial charge < -0.3 is 9.55 Å². The maximum Gasteiger partial charge on any atom is 0.0541 e. The highest BCUT2D eigenvalue weighted by Gasteiger charge is 2.14. The molecule has 0 aliphatic carbocycles. The van der Waals surface area contributed by atoms with Crippen LogP contribution in [-0.2, 0) is 0 Å². The Hall–Kier alpha value is -4.30. The van der Waals surface area contributed by atoms with Crippen LogP contribution in [0, 0.1) is 0 Å². The lowest BCUT2D eigenvalue weighted by atomic mass is 10.0. The number of benzene rings is 5. The van der Waals surface area contributed by atoms with Crippen molar-refractivity contribution in [3.8, 4) is 16.8 Å². The summed E-state index contributed by atoms with van der Waals surface area (Å²) < 4.78 is 2.39. The summed E-state index contributed by atoms with van der Waals surface area (Å²) in [6.07, 6.45) is 0. The number of aromatic amines is 1. The molecular weight excluding hydrogens is 388 g/mol. The summed E-state index contributed by atoms with van der Waals surface area (Å²) in [7, 11) is 0. The SMILES string of the molecule is c1ccc(-c2ccc3c(c2)c2ccccc2n3-c2ccc3[nH]c4ccccc4c3c2)cc1. The van der Waals surface area contributed by atoms with Crippen LogP contribution in [0.25, 0.3) is 60.4 Å². The van der Waals surface area contributed by atoms with E-state index in [1.54, 1.807) is 0 Å². The van der Waals surface area contributed by atoms with E-state index in [1.807, 2.05) is 0 Å². The van der Waals surface area contributed by atoms with E-state index in [0.717, 1.165) is 0 Å². The van der Waals surface area contributed by atoms with E-state index in [2.05, 4.69) is 125 Å². The fourth-order valence-corrected chi connectivity index (χ4v) is 5.04. The molecule has 1 N–H and O–H groups in total. The Morgan fingerprint density at radius 2 is 1.16 bits per heavy atom. The van der Waals surface area contributed by atoms with Gasteiger partial charge in [0, 0.05) is 38.3 Å². The summed E-state index contributed by atoms with van der Waals surface area (Å²) in [5.41, 5.74) is 8.47. The number of nitrogens with zero attached hydrogens (tertiary/aromatic N) is 1. The fourth-order valence-electron chi connectivity index (χ4n) is 5.04. The van der Waals surface area contributed by atoms with Gasteiger partial charge in [-0.3, -0.25) is 0 Å². The van der Waals surface area contributed by atoms with Gasteiger partial charge in [0.1, 0.15) is 0 Å². The summed E-state index contributed by atoms with van der Waals surface area (Å²) in [6.45, 7) is 0. The molecule has 0 aliphatic rings. The molecule has 2 heteroatoms. The molecule has 0 amide bonds. The number of H-pyrrole nitrogens is 1. The smallest absolute Gasteiger partial charge is 0.0541 e. The third-order valence-electron chi connectivity index (χ3n) is 6.53. The van der Waals surface area contributed by atoms with Crippen molar-refractivity contribution in [1.29, 1.82) is 0 Å². The highest BCUT2D eigenvalue weighted by molar-refractivity contribution is 6.12. The third kappa shape index (κ3) is 2.47. The molecule has 0 unspecified atom stereocenters. The van der Waals surface area contributed by atoms with Gasteiger partial charge in [0.15, 0.2) is 0 Å². The molecule has 0 spiro atoms. The number of nitrogens with one attached hydrogen (secondary N) is 1. The number of hydrogen-bond acceptors (Lipinski definition) is 0. The zero-order valence-corrected chi connectivity index (χ0v) is 17.4. The van der Waals surface area contributed by atoms with Gasteiger partial charge in [-0.25, -0.2) is 0 Å². The van der Waals surface area contributed by atoms with Crippen LogP contribution < -0.4 is 0 Å². The first kappa shape index (κ1) is 17.4. The van der Waals surface area contributed by atoms with Crippen LogP contribution in [0.4, 0.5) is 0 Å². The molecule has 0 bridgehead atoms. The van der Waals surface area contributed by atoms with Gasteiger partial charge in [0.2, 0.25) is 0 Å². The van der Waals surface area contributed by atoms with E-state index in [4.69, 9.17) is 0 Å². The fraction of sp³-hybridized carbons (Fsp3) is 0. The molecule has 0 saturated carbocycles. The van der Waals surface area contributed by atoms with Crippen molar-refractivity contribution in [2.24, 2.45) is 0 Å². The second-order valence-electron chi connectivity index (χ2n) is 8.35. The van der Waals surface area contributed by atoms with Gasteiger partial charge in [-0.2, -0.15) is 0 Å². The van der Waals surface area contributed by atoms with E-state index in [-0.39, 0.29) is 0 Å². The predicted octanol–water partition coefficient (Wildman–Crippen LogP) is 8.09. The maximum absolute atomic E-state index is 3.54. The second-order valence-corrected chi connectivity index (χ2v) is 8.35. The molecule has 0 saturated heterocycles. The van der Waals surface area contributed by atoms with Crippen molar-refractivity contribution in [3.05, 3.63) is 115 Å². The van der Waals surface area contributed by atoms with Crippen molar-refractivity contribution in [2.45, 2.75) is 0 Å². The predicted molar refractivity (Wildman–Crippen MR) is 136 cm³/mol. The van der Waals surface area contributed by atoms with Crippen molar-refractivity contribution >= 4 is 43.6 Å². The first-order chi connectivity index (χ1) is 15.9. The minimum atomic E-state index is 1.17. The lowest BCUT2D eigenvalue weighted by Gasteiger charge is -2.09. The number of fused-ring (bicyclic) bond motifs is 6. The van der Waals surface area contributed by atoms with E-state index in [0.29, 0.717) is 0 Å². The van der Waals surface area contributed by atoms with Crippen LogP contribution >= 0.6 is 0 Å². The third-order valence-corrected chi connectivity index (χ3v) is 6.53. The zero-order chi connectivity index (χ0) is 21.1. The van der Waals surface area contributed by atoms with Crippen LogP contribution in [0.15, 0.2) is 115 Å². The van der Waals surface area contributed by atoms with E-state index >= 15 is 0 Å². The molecule has 2 heterocycles. The second kappa shape index (κ2) is 6.60. The van der Waals surface area contributed by atoms with Gasteiger partial charge in [-0.15, -0.1) is 0 Å². The van der Waals surface area contributed by atoms with E-state index in [1.165, 1.54) is 60.4 Å². The summed E-state index contributed by atoms with van der Waals surface area (Å²) >= 11 is 0. The molecule has 32 heavy (non-hydrogen) atoms. The Balaban J connectivity index is 1.53. The zero-order valence-electron chi connectivity index (χ0n) is 17.4. The average Bonchev–Trinajstić information content (AvgIpc) is 3.39. The van der Waals surface area contributed by atoms with Gasteiger partial charge in [-0.1, -0.05) is 72.8 Å². The molecule has 0 fully saturated rings. The van der Waals surface area contributed by atoms with Gasteiger partial charge >= 0.3 is 0 Å². The molecule has 2 nitrogen and oxygen atoms in total. The summed E-state index contributed by atoms with van der Waals surface area (Å²) in [4.78, 5) is 3.54. The van der Waals surface area contributed by atoms with Crippen LogP contribution in [0.1, 0.15) is 0 Å². The molecular formula is C30H20N2. The average molecular weight is 409 g/mol. The number of aromatic nitrogens is 2. The van der Waals surface area contributed by atoms with Crippen molar-refractivity contribution in [1.82, 2.24) is 9.55 Å². The summed E-state index contributed by atoms with van der Waals surface area (Å²) in [6, 6.07) is 41.4. The number of para-hydroxylation sites is 2. The Bertz CT molecular complexity index is 1770. The minimum Gasteiger partial charge on any atom is -0.355 e. The molecule has 0 atom stereocenters. The standard InChI is InChI=1S/C30H20N2/c1-2-8-20(9-3-1)21-14-17-30-26(18-21)24-11-5-7-13-29(24)32(30)22-15-16-28-25(19-22)23-10-4-6-12-27(23)31-28/h1-19,31H. The van der Waals surface area contributed by atoms with E-state index in [9.17, 15) is 0 Å². The normalized spacial score (nSPS) is 11.8. The number of hydrogen-bond donors (Lipinski definition) is 1. The largest absolute Gasteiger partial charge is 0.355 e. The van der Waals surface area contributed by atoms with Crippen molar-refractivity contribution < 1.29 is 0 Å². The molecule has 5 aromatic carbocycles. The molecule has 0 radical (unpaired) electrons. The lowest BCUT2D eigenvalue weighted by molar-refractivity contribution is 1.19. The van der Waals surface area contributed by atoms with Crippen molar-refractivity contribution in [2.75, 3.05) is 0 Å². The highest BCUT2D eigenvalue weighted by Crippen LogP contribution is 2.36. The van der Waals surface area contributed by atoms with Crippen LogP contribution in [0.3, 0.4) is 0 Å². The first-order valence-corrected chi connectivity index (χ1v) is 11.0. The molecule has 150 valence electrons. The Labute approximate surface area is 185 Å². The van der Waals surface area contributed by atoms with Gasteiger partial charge in [-0.05, 0) is 53.6 Å². The van der Waals surface area contributed by atoms with Gasteiger partial charge in [0.25, 0.3) is 0 Å². The monoisotopic (exact) mass is 408 g/mol. The van der Waals surface area contributed by atoms with Gasteiger partial charge in [0.05, 0.1) is 11.0 Å². The Morgan fingerprint density at radius 3 is 2.06 bits per heavy atom. The van der Waals surface area contributed by atoms with E-state index < -0.39 is 0 Å². The highest BCUT2D eigenvalue weighted by atomic mass is 15.0. The topological polar surface area (TPSA) is 20.7 Å². The molecule has 0 aliphatic heterocycles. The van der Waals surface area contributed by atoms with Crippen LogP contribution in [0.5, 0.6) is 0 Å². The maximum atomic E-state index is 3.54. The molecule has 2 aromatic heterocycles. The Kier molecular flexibility index (Phi) is 3.58. The minimum absolute atomic E-state index is 1.17. The molecule has 7 aromatic rings. The lowest BCUT2D eigenvalue weighted by Crippen LogP contribution is -1.93. The van der Waals surface area contributed by atoms with Crippen LogP contribution in [-0.4, -0.2) is 9.55 Å². The Morgan fingerprint density at radius 1 is 0.438 bits per heavy atom. The summed E-state index contributed by atoms with van der Waals surface area (Å²) in [5.74, 6) is 0. The number of rotatable bonds is 2. The van der Waals surface area contributed by atoms with Crippen molar-refractivity contribution in [3.63, 3.8) is 0 Å². The quantitative estimate of drug-likeness (QED) is 0.298. The molecule has 7 rings (SSSR count). The summed E-state index contributed by atoms with van der Waals surface area (Å²) in [5, 5.41) is 5.07. The first-order valence-electron chi connectivity index (χ1n) is 11.0.